The SMILES string of the molecule is CCOC1CCN(C(=NC)NCC(c2ccco2)N2CCCC2)CC1.I. The standard InChI is InChI=1S/C19H32N4O2.HI/c1-3-24-16-8-12-23(13-9-16)19(20-2)21-15-17(18-7-6-14-25-18)22-10-4-5-11-22;/h6-7,14,16-17H,3-5,8-13,15H2,1-2H3,(H,20,21);1H. The fraction of sp³-hybridized carbons (Fsp3) is 0.737. The number of hydrogen-bond acceptors (Lipinski definition) is 4. The molecule has 148 valence electrons. The molecule has 2 fully saturated rings. The van der Waals surface area contributed by atoms with E-state index in [1.165, 1.54) is 12.8 Å². The van der Waals surface area contributed by atoms with Crippen molar-refractivity contribution in [2.45, 2.75) is 44.8 Å². The maximum absolute atomic E-state index is 5.75. The van der Waals surface area contributed by atoms with Crippen molar-refractivity contribution < 1.29 is 9.15 Å². The molecule has 2 aliphatic rings. The summed E-state index contributed by atoms with van der Waals surface area (Å²) in [6.45, 7) is 7.99. The van der Waals surface area contributed by atoms with Crippen LogP contribution in [0.4, 0.5) is 0 Å². The summed E-state index contributed by atoms with van der Waals surface area (Å²) in [5, 5.41) is 3.58. The van der Waals surface area contributed by atoms with E-state index in [4.69, 9.17) is 9.15 Å². The highest BCUT2D eigenvalue weighted by atomic mass is 127. The van der Waals surface area contributed by atoms with Gasteiger partial charge >= 0.3 is 0 Å². The Balaban J connectivity index is 0.00000243. The van der Waals surface area contributed by atoms with Gasteiger partial charge in [0.05, 0.1) is 18.4 Å². The van der Waals surface area contributed by atoms with E-state index < -0.39 is 0 Å². The monoisotopic (exact) mass is 476 g/mol. The number of ether oxygens (including phenoxy) is 1. The number of guanidine groups is 1. The minimum atomic E-state index is 0. The van der Waals surface area contributed by atoms with E-state index in [1.807, 2.05) is 13.1 Å². The van der Waals surface area contributed by atoms with Crippen LogP contribution in [0.5, 0.6) is 0 Å². The van der Waals surface area contributed by atoms with Crippen LogP contribution < -0.4 is 5.32 Å². The lowest BCUT2D eigenvalue weighted by atomic mass is 10.1. The Kier molecular flexibility index (Phi) is 9.21. The van der Waals surface area contributed by atoms with E-state index in [9.17, 15) is 0 Å². The molecule has 1 aromatic rings. The molecule has 0 amide bonds. The Bertz CT molecular complexity index is 524. The molecule has 1 N–H and O–H groups in total. The topological polar surface area (TPSA) is 53.2 Å². The third-order valence-corrected chi connectivity index (χ3v) is 5.26. The van der Waals surface area contributed by atoms with Crippen molar-refractivity contribution in [2.24, 2.45) is 4.99 Å². The molecule has 26 heavy (non-hydrogen) atoms. The number of rotatable bonds is 6. The molecule has 3 heterocycles. The van der Waals surface area contributed by atoms with Gasteiger partial charge in [-0.1, -0.05) is 0 Å². The summed E-state index contributed by atoms with van der Waals surface area (Å²) in [5.41, 5.74) is 0. The number of likely N-dealkylation sites (tertiary alicyclic amines) is 2. The molecule has 0 spiro atoms. The molecule has 1 unspecified atom stereocenters. The first-order valence-electron chi connectivity index (χ1n) is 9.66. The molecule has 7 heteroatoms. The highest BCUT2D eigenvalue weighted by molar-refractivity contribution is 14.0. The van der Waals surface area contributed by atoms with Crippen molar-refractivity contribution in [1.29, 1.82) is 0 Å². The molecule has 1 aromatic heterocycles. The third kappa shape index (κ3) is 5.60. The molecule has 0 aliphatic carbocycles. The van der Waals surface area contributed by atoms with E-state index in [0.717, 1.165) is 63.9 Å². The quantitative estimate of drug-likeness (QED) is 0.389. The van der Waals surface area contributed by atoms with Crippen LogP contribution in [0.2, 0.25) is 0 Å². The second-order valence-electron chi connectivity index (χ2n) is 6.84. The van der Waals surface area contributed by atoms with Gasteiger partial charge in [0.1, 0.15) is 5.76 Å². The van der Waals surface area contributed by atoms with Crippen LogP contribution in [-0.4, -0.2) is 68.2 Å². The molecular weight excluding hydrogens is 443 g/mol. The number of aliphatic imine (C=N–C) groups is 1. The molecule has 0 aromatic carbocycles. The Morgan fingerprint density at radius 2 is 2.04 bits per heavy atom. The van der Waals surface area contributed by atoms with Gasteiger partial charge in [0.25, 0.3) is 0 Å². The third-order valence-electron chi connectivity index (χ3n) is 5.26. The molecule has 0 bridgehead atoms. The van der Waals surface area contributed by atoms with Gasteiger partial charge in [0.2, 0.25) is 0 Å². The van der Waals surface area contributed by atoms with Crippen LogP contribution in [0.15, 0.2) is 27.8 Å². The lowest BCUT2D eigenvalue weighted by molar-refractivity contribution is 0.0263. The summed E-state index contributed by atoms with van der Waals surface area (Å²) >= 11 is 0. The fourth-order valence-corrected chi connectivity index (χ4v) is 3.93. The second kappa shape index (κ2) is 11.1. The van der Waals surface area contributed by atoms with Crippen molar-refractivity contribution >= 4 is 29.9 Å². The van der Waals surface area contributed by atoms with Gasteiger partial charge < -0.3 is 19.4 Å². The first kappa shape index (κ1) is 21.5. The van der Waals surface area contributed by atoms with Crippen LogP contribution in [0.1, 0.15) is 44.4 Å². The van der Waals surface area contributed by atoms with E-state index in [1.54, 1.807) is 6.26 Å². The summed E-state index contributed by atoms with van der Waals surface area (Å²) in [7, 11) is 1.87. The Morgan fingerprint density at radius 3 is 2.62 bits per heavy atom. The largest absolute Gasteiger partial charge is 0.468 e. The minimum Gasteiger partial charge on any atom is -0.468 e. The molecule has 0 saturated carbocycles. The van der Waals surface area contributed by atoms with Gasteiger partial charge in [-0.3, -0.25) is 9.89 Å². The van der Waals surface area contributed by atoms with Crippen molar-refractivity contribution in [3.8, 4) is 0 Å². The summed E-state index contributed by atoms with van der Waals surface area (Å²) in [4.78, 5) is 9.36. The number of hydrogen-bond donors (Lipinski definition) is 1. The maximum Gasteiger partial charge on any atom is 0.193 e. The number of nitrogens with zero attached hydrogens (tertiary/aromatic N) is 3. The molecule has 2 aliphatic heterocycles. The van der Waals surface area contributed by atoms with Crippen molar-refractivity contribution in [2.75, 3.05) is 46.4 Å². The molecule has 2 saturated heterocycles. The zero-order valence-corrected chi connectivity index (χ0v) is 18.4. The Hall–Kier alpha value is -0.800. The van der Waals surface area contributed by atoms with Crippen LogP contribution in [0.3, 0.4) is 0 Å². The highest BCUT2D eigenvalue weighted by Gasteiger charge is 2.27. The summed E-state index contributed by atoms with van der Waals surface area (Å²) in [6.07, 6.45) is 6.86. The summed E-state index contributed by atoms with van der Waals surface area (Å²) in [6, 6.07) is 4.34. The highest BCUT2D eigenvalue weighted by Crippen LogP contribution is 2.25. The Morgan fingerprint density at radius 1 is 1.31 bits per heavy atom. The van der Waals surface area contributed by atoms with Crippen molar-refractivity contribution in [3.05, 3.63) is 24.2 Å². The summed E-state index contributed by atoms with van der Waals surface area (Å²) in [5.74, 6) is 2.03. The molecule has 3 rings (SSSR count). The molecular formula is C19H33IN4O2. The lowest BCUT2D eigenvalue weighted by Crippen LogP contribution is -2.48. The van der Waals surface area contributed by atoms with E-state index in [-0.39, 0.29) is 30.0 Å². The average Bonchev–Trinajstić information content (AvgIpc) is 3.34. The van der Waals surface area contributed by atoms with E-state index >= 15 is 0 Å². The van der Waals surface area contributed by atoms with E-state index in [2.05, 4.69) is 33.1 Å². The van der Waals surface area contributed by atoms with Crippen LogP contribution in [-0.2, 0) is 4.74 Å². The van der Waals surface area contributed by atoms with Gasteiger partial charge in [-0.25, -0.2) is 0 Å². The fourth-order valence-electron chi connectivity index (χ4n) is 3.93. The lowest BCUT2D eigenvalue weighted by Gasteiger charge is -2.35. The predicted octanol–water partition coefficient (Wildman–Crippen LogP) is 3.11. The van der Waals surface area contributed by atoms with Gasteiger partial charge in [-0.2, -0.15) is 0 Å². The van der Waals surface area contributed by atoms with E-state index in [0.29, 0.717) is 6.10 Å². The molecule has 1 atom stereocenters. The first-order valence-corrected chi connectivity index (χ1v) is 9.66. The summed E-state index contributed by atoms with van der Waals surface area (Å²) < 4.78 is 11.5. The second-order valence-corrected chi connectivity index (χ2v) is 6.84. The zero-order valence-electron chi connectivity index (χ0n) is 16.0. The van der Waals surface area contributed by atoms with Gasteiger partial charge in [-0.15, -0.1) is 24.0 Å². The molecule has 0 radical (unpaired) electrons. The maximum atomic E-state index is 5.75. The number of piperidine rings is 1. The smallest absolute Gasteiger partial charge is 0.193 e. The first-order chi connectivity index (χ1) is 12.3. The van der Waals surface area contributed by atoms with Crippen molar-refractivity contribution in [3.63, 3.8) is 0 Å². The average molecular weight is 476 g/mol. The van der Waals surface area contributed by atoms with Gasteiger partial charge in [-0.05, 0) is 57.8 Å². The minimum absolute atomic E-state index is 0. The van der Waals surface area contributed by atoms with Crippen LogP contribution in [0, 0.1) is 0 Å². The van der Waals surface area contributed by atoms with Gasteiger partial charge in [0, 0.05) is 33.3 Å². The Labute approximate surface area is 174 Å². The molecule has 6 nitrogen and oxygen atoms in total. The number of furan rings is 1. The number of nitrogens with one attached hydrogen (secondary N) is 1. The number of halogens is 1. The van der Waals surface area contributed by atoms with Gasteiger partial charge in [0.15, 0.2) is 5.96 Å². The normalized spacial score (nSPS) is 20.8. The predicted molar refractivity (Wildman–Crippen MR) is 115 cm³/mol. The van der Waals surface area contributed by atoms with Crippen molar-refractivity contribution in [1.82, 2.24) is 15.1 Å². The zero-order chi connectivity index (χ0) is 17.5. The van der Waals surface area contributed by atoms with Crippen LogP contribution in [0.25, 0.3) is 0 Å². The van der Waals surface area contributed by atoms with Crippen LogP contribution >= 0.6 is 24.0 Å².